The van der Waals surface area contributed by atoms with Crippen LogP contribution in [0.25, 0.3) is 22.3 Å². The maximum Gasteiger partial charge on any atom is 0.138 e. The summed E-state index contributed by atoms with van der Waals surface area (Å²) in [7, 11) is 0. The Kier molecular flexibility index (Phi) is 3.74. The molecule has 118 valence electrons. The van der Waals surface area contributed by atoms with Gasteiger partial charge in [-0.3, -0.25) is 0 Å². The van der Waals surface area contributed by atoms with Gasteiger partial charge < -0.3 is 19.7 Å². The van der Waals surface area contributed by atoms with Crippen LogP contribution in [-0.2, 0) is 6.42 Å². The SMILES string of the molecule is CC(C)=CCc1cc(O)cc2cc(-c3cc(O)cc(O)c3)oc12. The third-order valence-corrected chi connectivity index (χ3v) is 3.60. The number of aromatic hydroxyl groups is 3. The van der Waals surface area contributed by atoms with Crippen molar-refractivity contribution in [1.29, 1.82) is 0 Å². The lowest BCUT2D eigenvalue weighted by Crippen LogP contribution is -1.83. The molecule has 23 heavy (non-hydrogen) atoms. The Morgan fingerprint density at radius 1 is 0.913 bits per heavy atom. The first kappa shape index (κ1) is 15.0. The molecule has 0 fully saturated rings. The second-order valence-corrected chi connectivity index (χ2v) is 5.86. The van der Waals surface area contributed by atoms with Crippen LogP contribution in [0.15, 0.2) is 52.5 Å². The fraction of sp³-hybridized carbons (Fsp3) is 0.158. The molecule has 3 N–H and O–H groups in total. The Labute approximate surface area is 133 Å². The van der Waals surface area contributed by atoms with Crippen molar-refractivity contribution < 1.29 is 19.7 Å². The Bertz CT molecular complexity index is 879. The highest BCUT2D eigenvalue weighted by molar-refractivity contribution is 5.87. The van der Waals surface area contributed by atoms with E-state index < -0.39 is 0 Å². The van der Waals surface area contributed by atoms with E-state index in [2.05, 4.69) is 6.08 Å². The Balaban J connectivity index is 2.14. The summed E-state index contributed by atoms with van der Waals surface area (Å²) in [6, 6.07) is 9.42. The number of phenolic OH excluding ortho intramolecular Hbond substituents is 3. The number of fused-ring (bicyclic) bond motifs is 1. The van der Waals surface area contributed by atoms with Gasteiger partial charge in [-0.1, -0.05) is 11.6 Å². The maximum atomic E-state index is 9.90. The molecule has 1 aromatic heterocycles. The van der Waals surface area contributed by atoms with E-state index in [0.717, 1.165) is 10.9 Å². The van der Waals surface area contributed by atoms with Gasteiger partial charge in [0, 0.05) is 22.6 Å². The van der Waals surface area contributed by atoms with Gasteiger partial charge in [0.15, 0.2) is 0 Å². The smallest absolute Gasteiger partial charge is 0.138 e. The quantitative estimate of drug-likeness (QED) is 0.612. The molecule has 0 aliphatic carbocycles. The molecule has 0 bridgehead atoms. The van der Waals surface area contributed by atoms with E-state index in [1.807, 2.05) is 13.8 Å². The molecule has 1 heterocycles. The van der Waals surface area contributed by atoms with Crippen LogP contribution in [0.4, 0.5) is 0 Å². The monoisotopic (exact) mass is 310 g/mol. The van der Waals surface area contributed by atoms with E-state index in [4.69, 9.17) is 4.42 Å². The highest BCUT2D eigenvalue weighted by Crippen LogP contribution is 2.35. The van der Waals surface area contributed by atoms with Gasteiger partial charge in [0.05, 0.1) is 0 Å². The first-order valence-corrected chi connectivity index (χ1v) is 7.34. The molecule has 0 spiro atoms. The standard InChI is InChI=1S/C19H18O4/c1-11(2)3-4-12-5-15(20)8-14-9-18(23-19(12)14)13-6-16(21)10-17(22)7-13/h3,5-10,20-22H,4H2,1-2H3. The van der Waals surface area contributed by atoms with Gasteiger partial charge in [-0.25, -0.2) is 0 Å². The lowest BCUT2D eigenvalue weighted by atomic mass is 10.1. The molecule has 3 rings (SSSR count). The van der Waals surface area contributed by atoms with Gasteiger partial charge in [-0.15, -0.1) is 0 Å². The highest BCUT2D eigenvalue weighted by Gasteiger charge is 2.12. The van der Waals surface area contributed by atoms with Crippen LogP contribution in [0.2, 0.25) is 0 Å². The highest BCUT2D eigenvalue weighted by atomic mass is 16.3. The Morgan fingerprint density at radius 3 is 2.22 bits per heavy atom. The van der Waals surface area contributed by atoms with Crippen molar-refractivity contribution in [3.63, 3.8) is 0 Å². The predicted octanol–water partition coefficient (Wildman–Crippen LogP) is 4.73. The largest absolute Gasteiger partial charge is 0.508 e. The van der Waals surface area contributed by atoms with E-state index in [9.17, 15) is 15.3 Å². The van der Waals surface area contributed by atoms with Crippen LogP contribution < -0.4 is 0 Å². The van der Waals surface area contributed by atoms with Crippen LogP contribution >= 0.6 is 0 Å². The van der Waals surface area contributed by atoms with Crippen LogP contribution in [0.5, 0.6) is 17.2 Å². The molecule has 3 aromatic rings. The molecule has 0 radical (unpaired) electrons. The minimum absolute atomic E-state index is 0.0342. The van der Waals surface area contributed by atoms with E-state index in [0.29, 0.717) is 23.3 Å². The number of hydrogen-bond donors (Lipinski definition) is 3. The molecule has 0 unspecified atom stereocenters. The Hall–Kier alpha value is -2.88. The first-order chi connectivity index (χ1) is 10.9. The number of hydrogen-bond acceptors (Lipinski definition) is 4. The molecule has 0 aliphatic rings. The number of furan rings is 1. The van der Waals surface area contributed by atoms with Crippen molar-refractivity contribution >= 4 is 11.0 Å². The lowest BCUT2D eigenvalue weighted by molar-refractivity contribution is 0.450. The second-order valence-electron chi connectivity index (χ2n) is 5.86. The summed E-state index contributed by atoms with van der Waals surface area (Å²) in [5.41, 5.74) is 3.34. The average Bonchev–Trinajstić information content (AvgIpc) is 2.87. The maximum absolute atomic E-state index is 9.90. The minimum atomic E-state index is -0.0342. The van der Waals surface area contributed by atoms with Gasteiger partial charge >= 0.3 is 0 Å². The van der Waals surface area contributed by atoms with Crippen molar-refractivity contribution in [3.05, 3.63) is 53.6 Å². The number of rotatable bonds is 3. The number of allylic oxidation sites excluding steroid dienone is 2. The molecule has 0 atom stereocenters. The zero-order valence-corrected chi connectivity index (χ0v) is 13.0. The fourth-order valence-corrected chi connectivity index (χ4v) is 2.55. The van der Waals surface area contributed by atoms with Gasteiger partial charge in [0.25, 0.3) is 0 Å². The number of benzene rings is 2. The molecule has 0 amide bonds. The molecule has 0 saturated carbocycles. The van der Waals surface area contributed by atoms with Crippen molar-refractivity contribution in [2.45, 2.75) is 20.3 Å². The first-order valence-electron chi connectivity index (χ1n) is 7.34. The van der Waals surface area contributed by atoms with Gasteiger partial charge in [-0.2, -0.15) is 0 Å². The van der Waals surface area contributed by atoms with Crippen molar-refractivity contribution in [2.24, 2.45) is 0 Å². The zero-order valence-electron chi connectivity index (χ0n) is 13.0. The van der Waals surface area contributed by atoms with Crippen molar-refractivity contribution in [2.75, 3.05) is 0 Å². The van der Waals surface area contributed by atoms with Crippen LogP contribution in [0, 0.1) is 0 Å². The third-order valence-electron chi connectivity index (χ3n) is 3.60. The van der Waals surface area contributed by atoms with E-state index >= 15 is 0 Å². The van der Waals surface area contributed by atoms with Crippen molar-refractivity contribution in [3.8, 4) is 28.6 Å². The lowest BCUT2D eigenvalue weighted by Gasteiger charge is -2.02. The predicted molar refractivity (Wildman–Crippen MR) is 89.8 cm³/mol. The molecule has 2 aromatic carbocycles. The summed E-state index contributed by atoms with van der Waals surface area (Å²) in [6.45, 7) is 4.03. The molecule has 0 saturated heterocycles. The number of phenols is 3. The molecular formula is C19H18O4. The molecule has 4 heteroatoms. The summed E-state index contributed by atoms with van der Waals surface area (Å²) in [6.07, 6.45) is 2.72. The van der Waals surface area contributed by atoms with Crippen LogP contribution in [0.3, 0.4) is 0 Å². The topological polar surface area (TPSA) is 73.8 Å². The normalized spacial score (nSPS) is 10.9. The van der Waals surface area contributed by atoms with Gasteiger partial charge in [-0.05, 0) is 50.6 Å². The molecule has 0 aliphatic heterocycles. The second kappa shape index (κ2) is 5.72. The van der Waals surface area contributed by atoms with Gasteiger partial charge in [0.1, 0.15) is 28.6 Å². The fourth-order valence-electron chi connectivity index (χ4n) is 2.55. The summed E-state index contributed by atoms with van der Waals surface area (Å²) in [5, 5.41) is 29.9. The minimum Gasteiger partial charge on any atom is -0.508 e. The van der Waals surface area contributed by atoms with E-state index in [1.165, 1.54) is 23.8 Å². The zero-order chi connectivity index (χ0) is 16.6. The molecular weight excluding hydrogens is 292 g/mol. The van der Waals surface area contributed by atoms with E-state index in [-0.39, 0.29) is 17.2 Å². The average molecular weight is 310 g/mol. The summed E-state index contributed by atoms with van der Waals surface area (Å²) in [4.78, 5) is 0. The van der Waals surface area contributed by atoms with E-state index in [1.54, 1.807) is 18.2 Å². The van der Waals surface area contributed by atoms with Crippen molar-refractivity contribution in [1.82, 2.24) is 0 Å². The van der Waals surface area contributed by atoms with Crippen LogP contribution in [-0.4, -0.2) is 15.3 Å². The van der Waals surface area contributed by atoms with Crippen LogP contribution in [0.1, 0.15) is 19.4 Å². The molecule has 4 nitrogen and oxygen atoms in total. The Morgan fingerprint density at radius 2 is 1.57 bits per heavy atom. The summed E-state index contributed by atoms with van der Waals surface area (Å²) < 4.78 is 5.92. The summed E-state index contributed by atoms with van der Waals surface area (Å²) >= 11 is 0. The summed E-state index contributed by atoms with van der Waals surface area (Å²) in [5.74, 6) is 0.636. The third kappa shape index (κ3) is 3.16. The van der Waals surface area contributed by atoms with Gasteiger partial charge in [0.2, 0.25) is 0 Å².